The molecule has 0 aliphatic rings. The van der Waals surface area contributed by atoms with Crippen LogP contribution in [-0.4, -0.2) is 14.5 Å². The molecule has 0 N–H and O–H groups in total. The van der Waals surface area contributed by atoms with Crippen LogP contribution < -0.4 is 10.9 Å². The average molecular weight is 250 g/mol. The van der Waals surface area contributed by atoms with Gasteiger partial charge >= 0.3 is 14.5 Å². The molecule has 0 amide bonds. The first-order valence-electron chi connectivity index (χ1n) is 5.35. The molecule has 0 heterocycles. The summed E-state index contributed by atoms with van der Waals surface area (Å²) in [5.41, 5.74) is -0.150. The molecule has 0 saturated carbocycles. The van der Waals surface area contributed by atoms with Gasteiger partial charge in [-0.3, -0.25) is 17.3 Å². The summed E-state index contributed by atoms with van der Waals surface area (Å²) >= 11 is 0. The molecule has 0 atom stereocenters. The molecule has 0 nitrogen and oxygen atoms in total. The van der Waals surface area contributed by atoms with Gasteiger partial charge in [-0.15, -0.1) is 0 Å². The molecule has 0 aliphatic carbocycles. The molecule has 0 bridgehead atoms. The summed E-state index contributed by atoms with van der Waals surface area (Å²) in [4.78, 5) is 0. The highest BCUT2D eigenvalue weighted by molar-refractivity contribution is 6.64. The zero-order valence-corrected chi connectivity index (χ0v) is 9.29. The third-order valence-corrected chi connectivity index (χ3v) is 2.68. The van der Waals surface area contributed by atoms with Crippen LogP contribution in [0.4, 0.5) is 17.3 Å². The van der Waals surface area contributed by atoms with Crippen LogP contribution in [-0.2, 0) is 0 Å². The van der Waals surface area contributed by atoms with E-state index in [0.29, 0.717) is 0 Å². The Kier molecular flexibility index (Phi) is 3.75. The quantitative estimate of drug-likeness (QED) is 0.580. The van der Waals surface area contributed by atoms with E-state index in [-0.39, 0.29) is 22.1 Å². The molecule has 0 aromatic heterocycles. The Labute approximate surface area is 103 Å². The normalized spacial score (nSPS) is 10.2. The summed E-state index contributed by atoms with van der Waals surface area (Å²) in [6.45, 7) is 0. The van der Waals surface area contributed by atoms with E-state index in [1.807, 2.05) is 0 Å². The van der Waals surface area contributed by atoms with E-state index >= 15 is 0 Å². The van der Waals surface area contributed by atoms with Crippen LogP contribution in [0.1, 0.15) is 0 Å². The van der Waals surface area contributed by atoms with Gasteiger partial charge in [0.15, 0.2) is 0 Å². The van der Waals surface area contributed by atoms with Crippen molar-refractivity contribution in [1.29, 1.82) is 0 Å². The average Bonchev–Trinajstić information content (AvgIpc) is 2.38. The highest BCUT2D eigenvalue weighted by Crippen LogP contribution is 2.17. The summed E-state index contributed by atoms with van der Waals surface area (Å²) in [5, 5.41) is 0. The van der Waals surface area contributed by atoms with E-state index < -0.39 is 14.5 Å². The van der Waals surface area contributed by atoms with Gasteiger partial charge in [0, 0.05) is 0 Å². The van der Waals surface area contributed by atoms with Gasteiger partial charge in [-0.2, -0.15) is 0 Å². The van der Waals surface area contributed by atoms with Crippen molar-refractivity contribution in [3.8, 4) is 11.1 Å². The van der Waals surface area contributed by atoms with Crippen molar-refractivity contribution in [1.82, 2.24) is 0 Å². The highest BCUT2D eigenvalue weighted by Gasteiger charge is 2.25. The molecule has 2 aromatic carbocycles. The standard InChI is InChI=1S/C12H8B2F4/c15-13(16)11-7-3-1-5-9(11)10-6-2-4-8-12(10)14(17)18/h1-8H. The van der Waals surface area contributed by atoms with Crippen LogP contribution >= 0.6 is 0 Å². The van der Waals surface area contributed by atoms with Crippen LogP contribution in [0, 0.1) is 0 Å². The van der Waals surface area contributed by atoms with Crippen molar-refractivity contribution < 1.29 is 17.3 Å². The van der Waals surface area contributed by atoms with Gasteiger partial charge in [-0.25, -0.2) is 0 Å². The SMILES string of the molecule is FB(F)c1ccccc1-c1ccccc1B(F)F. The molecule has 0 spiro atoms. The topological polar surface area (TPSA) is 0 Å². The second-order valence-corrected chi connectivity index (χ2v) is 3.78. The molecular formula is C12H8B2F4. The third kappa shape index (κ3) is 2.42. The fourth-order valence-electron chi connectivity index (χ4n) is 1.87. The molecule has 6 heteroatoms. The molecule has 0 radical (unpaired) electrons. The van der Waals surface area contributed by atoms with Crippen LogP contribution in [0.15, 0.2) is 48.5 Å². The zero-order valence-electron chi connectivity index (χ0n) is 9.29. The van der Waals surface area contributed by atoms with E-state index in [2.05, 4.69) is 0 Å². The van der Waals surface area contributed by atoms with Crippen molar-refractivity contribution >= 4 is 25.5 Å². The van der Waals surface area contributed by atoms with Gasteiger partial charge in [0.1, 0.15) is 0 Å². The first kappa shape index (κ1) is 12.7. The number of rotatable bonds is 3. The van der Waals surface area contributed by atoms with Crippen LogP contribution in [0.25, 0.3) is 11.1 Å². The molecule has 0 fully saturated rings. The van der Waals surface area contributed by atoms with Crippen molar-refractivity contribution in [3.63, 3.8) is 0 Å². The lowest BCUT2D eigenvalue weighted by atomic mass is 9.74. The maximum absolute atomic E-state index is 12.9. The molecule has 0 aliphatic heterocycles. The number of halogens is 4. The van der Waals surface area contributed by atoms with E-state index in [9.17, 15) is 17.3 Å². The van der Waals surface area contributed by atoms with E-state index in [1.54, 1.807) is 12.1 Å². The highest BCUT2D eigenvalue weighted by atomic mass is 19.2. The smallest absolute Gasteiger partial charge is 0.281 e. The van der Waals surface area contributed by atoms with Gasteiger partial charge < -0.3 is 0 Å². The second kappa shape index (κ2) is 5.29. The largest absolute Gasteiger partial charge is 0.572 e. The fraction of sp³-hybridized carbons (Fsp3) is 0. The molecule has 0 unspecified atom stereocenters. The Morgan fingerprint density at radius 3 is 1.22 bits per heavy atom. The van der Waals surface area contributed by atoms with Crippen molar-refractivity contribution in [2.45, 2.75) is 0 Å². The van der Waals surface area contributed by atoms with Crippen LogP contribution in [0.5, 0.6) is 0 Å². The summed E-state index contributed by atoms with van der Waals surface area (Å²) < 4.78 is 51.4. The molecule has 0 saturated heterocycles. The third-order valence-electron chi connectivity index (χ3n) is 2.68. The second-order valence-electron chi connectivity index (χ2n) is 3.78. The molecule has 2 aromatic rings. The number of hydrogen-bond acceptors (Lipinski definition) is 0. The molecule has 2 rings (SSSR count). The predicted molar refractivity (Wildman–Crippen MR) is 67.1 cm³/mol. The van der Waals surface area contributed by atoms with Crippen LogP contribution in [0.3, 0.4) is 0 Å². The Morgan fingerprint density at radius 1 is 0.556 bits per heavy atom. The zero-order chi connectivity index (χ0) is 13.1. The van der Waals surface area contributed by atoms with Gasteiger partial charge in [0.05, 0.1) is 0 Å². The monoisotopic (exact) mass is 250 g/mol. The first-order valence-corrected chi connectivity index (χ1v) is 5.35. The van der Waals surface area contributed by atoms with E-state index in [0.717, 1.165) is 0 Å². The summed E-state index contributed by atoms with van der Waals surface area (Å²) in [6.07, 6.45) is 0. The van der Waals surface area contributed by atoms with Crippen molar-refractivity contribution in [2.75, 3.05) is 0 Å². The maximum atomic E-state index is 12.9. The minimum Gasteiger partial charge on any atom is -0.281 e. The number of benzene rings is 2. The van der Waals surface area contributed by atoms with E-state index in [1.165, 1.54) is 36.4 Å². The molecule has 18 heavy (non-hydrogen) atoms. The predicted octanol–water partition coefficient (Wildman–Crippen LogP) is 2.62. The minimum atomic E-state index is -2.69. The lowest BCUT2D eigenvalue weighted by Crippen LogP contribution is -2.28. The molecule has 90 valence electrons. The van der Waals surface area contributed by atoms with Gasteiger partial charge in [0.25, 0.3) is 0 Å². The lowest BCUT2D eigenvalue weighted by Gasteiger charge is -2.10. The first-order chi connectivity index (χ1) is 8.61. The summed E-state index contributed by atoms with van der Waals surface area (Å²) in [5.74, 6) is 0. The van der Waals surface area contributed by atoms with Gasteiger partial charge in [-0.1, -0.05) is 48.5 Å². The maximum Gasteiger partial charge on any atom is 0.572 e. The van der Waals surface area contributed by atoms with Crippen LogP contribution in [0.2, 0.25) is 0 Å². The molecular weight excluding hydrogens is 242 g/mol. The van der Waals surface area contributed by atoms with Crippen molar-refractivity contribution in [3.05, 3.63) is 48.5 Å². The fourth-order valence-corrected chi connectivity index (χ4v) is 1.87. The Hall–Kier alpha value is -1.71. The number of hydrogen-bond donors (Lipinski definition) is 0. The Morgan fingerprint density at radius 2 is 0.889 bits per heavy atom. The Balaban J connectivity index is 2.62. The van der Waals surface area contributed by atoms with Gasteiger partial charge in [-0.05, 0) is 22.1 Å². The lowest BCUT2D eigenvalue weighted by molar-refractivity contribution is 0.683. The summed E-state index contributed by atoms with van der Waals surface area (Å²) in [7, 11) is -5.38. The summed E-state index contributed by atoms with van der Waals surface area (Å²) in [6, 6.07) is 11.4. The van der Waals surface area contributed by atoms with E-state index in [4.69, 9.17) is 0 Å². The van der Waals surface area contributed by atoms with Crippen molar-refractivity contribution in [2.24, 2.45) is 0 Å². The van der Waals surface area contributed by atoms with Gasteiger partial charge in [0.2, 0.25) is 0 Å². The minimum absolute atomic E-state index is 0.156. The Bertz CT molecular complexity index is 494.